The minimum atomic E-state index is -1.29. The van der Waals surface area contributed by atoms with Crippen molar-refractivity contribution in [2.75, 3.05) is 0 Å². The number of hydrogen-bond donors (Lipinski definition) is 1. The molecule has 0 radical (unpaired) electrons. The van der Waals surface area contributed by atoms with Crippen LogP contribution >= 0.6 is 0 Å². The molecule has 0 aliphatic heterocycles. The highest BCUT2D eigenvalue weighted by Crippen LogP contribution is 2.20. The van der Waals surface area contributed by atoms with Gasteiger partial charge in [0.05, 0.1) is 6.04 Å². The lowest BCUT2D eigenvalue weighted by Gasteiger charge is -2.38. The molecule has 0 saturated heterocycles. The van der Waals surface area contributed by atoms with Gasteiger partial charge < -0.3 is 9.84 Å². The standard InChI is InChI=1S/C15H27NO3/c1-8-9-10-11-12(2)16(15(6,7)18)13(17)19-14(3,4)5/h8-12,18H,1-7H3/b9-8-,11-10-. The lowest BCUT2D eigenvalue weighted by atomic mass is 10.1. The van der Waals surface area contributed by atoms with Crippen molar-refractivity contribution in [3.8, 4) is 0 Å². The molecule has 0 aromatic carbocycles. The highest BCUT2D eigenvalue weighted by atomic mass is 16.6. The number of hydrogen-bond acceptors (Lipinski definition) is 3. The van der Waals surface area contributed by atoms with Crippen molar-refractivity contribution in [3.63, 3.8) is 0 Å². The van der Waals surface area contributed by atoms with Crippen molar-refractivity contribution in [2.45, 2.75) is 65.8 Å². The van der Waals surface area contributed by atoms with E-state index in [1.54, 1.807) is 34.6 Å². The van der Waals surface area contributed by atoms with Gasteiger partial charge in [-0.1, -0.05) is 24.3 Å². The summed E-state index contributed by atoms with van der Waals surface area (Å²) in [6.45, 7) is 12.3. The summed E-state index contributed by atoms with van der Waals surface area (Å²) in [6, 6.07) is -0.272. The molecule has 4 heteroatoms. The molecule has 0 spiro atoms. The first-order chi connectivity index (χ1) is 8.49. The first kappa shape index (κ1) is 17.7. The van der Waals surface area contributed by atoms with Gasteiger partial charge in [0, 0.05) is 0 Å². The van der Waals surface area contributed by atoms with E-state index in [4.69, 9.17) is 4.74 Å². The predicted octanol–water partition coefficient (Wildman–Crippen LogP) is 3.47. The SMILES string of the molecule is C/C=C\C=C/C(C)N(C(=O)OC(C)(C)C)C(C)(C)O. The van der Waals surface area contributed by atoms with E-state index in [9.17, 15) is 9.90 Å². The Bertz CT molecular complexity index is 345. The number of nitrogens with zero attached hydrogens (tertiary/aromatic N) is 1. The molecule has 1 unspecified atom stereocenters. The molecule has 0 aliphatic carbocycles. The summed E-state index contributed by atoms with van der Waals surface area (Å²) in [5, 5.41) is 10.1. The van der Waals surface area contributed by atoms with Gasteiger partial charge >= 0.3 is 6.09 Å². The van der Waals surface area contributed by atoms with Crippen LogP contribution in [0.4, 0.5) is 4.79 Å². The molecule has 0 rings (SSSR count). The molecule has 1 atom stereocenters. The average molecular weight is 269 g/mol. The Morgan fingerprint density at radius 3 is 2.11 bits per heavy atom. The van der Waals surface area contributed by atoms with Crippen LogP contribution in [-0.2, 0) is 4.74 Å². The van der Waals surface area contributed by atoms with Crippen LogP contribution in [0.15, 0.2) is 24.3 Å². The van der Waals surface area contributed by atoms with Crippen LogP contribution < -0.4 is 0 Å². The Labute approximate surface area is 116 Å². The van der Waals surface area contributed by atoms with Gasteiger partial charge in [-0.25, -0.2) is 4.79 Å². The van der Waals surface area contributed by atoms with Crippen LogP contribution in [-0.4, -0.2) is 33.5 Å². The molecule has 1 amide bonds. The van der Waals surface area contributed by atoms with E-state index in [1.807, 2.05) is 38.2 Å². The third-order valence-corrected chi connectivity index (χ3v) is 2.28. The van der Waals surface area contributed by atoms with Gasteiger partial charge in [0.2, 0.25) is 0 Å². The topological polar surface area (TPSA) is 49.8 Å². The Hall–Kier alpha value is -1.29. The number of carbonyl (C=O) groups is 1. The number of ether oxygens (including phenoxy) is 1. The highest BCUT2D eigenvalue weighted by Gasteiger charge is 2.34. The number of rotatable bonds is 4. The third-order valence-electron chi connectivity index (χ3n) is 2.28. The molecular weight excluding hydrogens is 242 g/mol. The third kappa shape index (κ3) is 7.01. The first-order valence-electron chi connectivity index (χ1n) is 6.53. The summed E-state index contributed by atoms with van der Waals surface area (Å²) in [5.74, 6) is 0. The van der Waals surface area contributed by atoms with E-state index in [0.29, 0.717) is 0 Å². The normalized spacial score (nSPS) is 14.9. The fourth-order valence-corrected chi connectivity index (χ4v) is 1.62. The molecule has 19 heavy (non-hydrogen) atoms. The van der Waals surface area contributed by atoms with Crippen molar-refractivity contribution in [1.29, 1.82) is 0 Å². The number of carbonyl (C=O) groups excluding carboxylic acids is 1. The van der Waals surface area contributed by atoms with E-state index >= 15 is 0 Å². The van der Waals surface area contributed by atoms with E-state index in [0.717, 1.165) is 0 Å². The molecule has 0 aromatic heterocycles. The molecular formula is C15H27NO3. The minimum absolute atomic E-state index is 0.272. The van der Waals surface area contributed by atoms with Crippen molar-refractivity contribution in [3.05, 3.63) is 24.3 Å². The molecule has 0 aliphatic rings. The number of amides is 1. The summed E-state index contributed by atoms with van der Waals surface area (Å²) in [7, 11) is 0. The summed E-state index contributed by atoms with van der Waals surface area (Å²) >= 11 is 0. The van der Waals surface area contributed by atoms with E-state index < -0.39 is 17.4 Å². The van der Waals surface area contributed by atoms with Crippen LogP contribution in [0.5, 0.6) is 0 Å². The maximum absolute atomic E-state index is 12.2. The Morgan fingerprint density at radius 1 is 1.21 bits per heavy atom. The van der Waals surface area contributed by atoms with Crippen LogP contribution in [0.1, 0.15) is 48.5 Å². The second kappa shape index (κ2) is 6.75. The van der Waals surface area contributed by atoms with Gasteiger partial charge in [0.25, 0.3) is 0 Å². The molecule has 110 valence electrons. The number of allylic oxidation sites excluding steroid dienone is 3. The maximum atomic E-state index is 12.2. The van der Waals surface area contributed by atoms with E-state index in [-0.39, 0.29) is 6.04 Å². The van der Waals surface area contributed by atoms with Crippen molar-refractivity contribution in [2.24, 2.45) is 0 Å². The summed E-state index contributed by atoms with van der Waals surface area (Å²) in [5.41, 5.74) is -1.88. The summed E-state index contributed by atoms with van der Waals surface area (Å²) in [6.07, 6.45) is 6.91. The summed E-state index contributed by atoms with van der Waals surface area (Å²) < 4.78 is 5.33. The maximum Gasteiger partial charge on any atom is 0.413 e. The molecule has 4 nitrogen and oxygen atoms in total. The monoisotopic (exact) mass is 269 g/mol. The quantitative estimate of drug-likeness (QED) is 0.628. The molecule has 0 fully saturated rings. The van der Waals surface area contributed by atoms with Gasteiger partial charge in [-0.3, -0.25) is 4.90 Å². The first-order valence-corrected chi connectivity index (χ1v) is 6.53. The second-order valence-electron chi connectivity index (χ2n) is 6.00. The zero-order valence-electron chi connectivity index (χ0n) is 13.1. The largest absolute Gasteiger partial charge is 0.444 e. The lowest BCUT2D eigenvalue weighted by molar-refractivity contribution is -0.0907. The zero-order valence-corrected chi connectivity index (χ0v) is 13.1. The highest BCUT2D eigenvalue weighted by molar-refractivity contribution is 5.69. The van der Waals surface area contributed by atoms with Gasteiger partial charge in [-0.15, -0.1) is 0 Å². The molecule has 0 bridgehead atoms. The van der Waals surface area contributed by atoms with E-state index in [1.165, 1.54) is 4.90 Å². The van der Waals surface area contributed by atoms with Gasteiger partial charge in [0.15, 0.2) is 0 Å². The Morgan fingerprint density at radius 2 is 1.74 bits per heavy atom. The smallest absolute Gasteiger partial charge is 0.413 e. The fourth-order valence-electron chi connectivity index (χ4n) is 1.62. The minimum Gasteiger partial charge on any atom is -0.444 e. The van der Waals surface area contributed by atoms with Gasteiger partial charge in [-0.2, -0.15) is 0 Å². The van der Waals surface area contributed by atoms with Crippen LogP contribution in [0.3, 0.4) is 0 Å². The van der Waals surface area contributed by atoms with Gasteiger partial charge in [0.1, 0.15) is 11.3 Å². The van der Waals surface area contributed by atoms with Crippen LogP contribution in [0, 0.1) is 0 Å². The molecule has 0 saturated carbocycles. The molecule has 0 aromatic rings. The predicted molar refractivity (Wildman–Crippen MR) is 77.8 cm³/mol. The lowest BCUT2D eigenvalue weighted by Crippen LogP contribution is -2.53. The Kier molecular flexibility index (Phi) is 6.30. The summed E-state index contributed by atoms with van der Waals surface area (Å²) in [4.78, 5) is 13.5. The van der Waals surface area contributed by atoms with Crippen molar-refractivity contribution < 1.29 is 14.6 Å². The zero-order chi connectivity index (χ0) is 15.3. The van der Waals surface area contributed by atoms with Crippen LogP contribution in [0.25, 0.3) is 0 Å². The fraction of sp³-hybridized carbons (Fsp3) is 0.667. The Balaban J connectivity index is 5.08. The van der Waals surface area contributed by atoms with Crippen LogP contribution in [0.2, 0.25) is 0 Å². The molecule has 0 heterocycles. The van der Waals surface area contributed by atoms with E-state index in [2.05, 4.69) is 0 Å². The second-order valence-corrected chi connectivity index (χ2v) is 6.00. The average Bonchev–Trinajstić information content (AvgIpc) is 2.12. The van der Waals surface area contributed by atoms with Crippen molar-refractivity contribution in [1.82, 2.24) is 4.90 Å². The van der Waals surface area contributed by atoms with Gasteiger partial charge in [-0.05, 0) is 48.5 Å². The van der Waals surface area contributed by atoms with Crippen molar-refractivity contribution >= 4 is 6.09 Å². The number of aliphatic hydroxyl groups is 1. The molecule has 1 N–H and O–H groups in total.